The van der Waals surface area contributed by atoms with Crippen LogP contribution >= 0.6 is 15.9 Å². The van der Waals surface area contributed by atoms with Crippen molar-refractivity contribution in [1.82, 2.24) is 9.55 Å². The Morgan fingerprint density at radius 3 is 2.74 bits per heavy atom. The smallest absolute Gasteiger partial charge is 0.140 e. The van der Waals surface area contributed by atoms with Gasteiger partial charge in [-0.05, 0) is 24.3 Å². The summed E-state index contributed by atoms with van der Waals surface area (Å²) in [7, 11) is 1.97. The lowest BCUT2D eigenvalue weighted by atomic mass is 10.2. The first-order valence-electron chi connectivity index (χ1n) is 5.82. The van der Waals surface area contributed by atoms with Gasteiger partial charge in [-0.2, -0.15) is 5.26 Å². The summed E-state index contributed by atoms with van der Waals surface area (Å²) in [6.07, 6.45) is 0. The third-order valence-electron chi connectivity index (χ3n) is 3.11. The molecule has 19 heavy (non-hydrogen) atoms. The Kier molecular flexibility index (Phi) is 2.84. The van der Waals surface area contributed by atoms with Crippen molar-refractivity contribution >= 4 is 27.0 Å². The second kappa shape index (κ2) is 4.52. The van der Waals surface area contributed by atoms with E-state index in [1.54, 1.807) is 6.07 Å². The van der Waals surface area contributed by atoms with Crippen LogP contribution in [-0.2, 0) is 7.05 Å². The Hall–Kier alpha value is -2.12. The molecule has 0 aliphatic rings. The van der Waals surface area contributed by atoms with Gasteiger partial charge >= 0.3 is 0 Å². The van der Waals surface area contributed by atoms with E-state index < -0.39 is 0 Å². The molecule has 0 unspecified atom stereocenters. The van der Waals surface area contributed by atoms with Gasteiger partial charge in [0.2, 0.25) is 0 Å². The van der Waals surface area contributed by atoms with E-state index in [1.165, 1.54) is 0 Å². The highest BCUT2D eigenvalue weighted by molar-refractivity contribution is 9.10. The van der Waals surface area contributed by atoms with Crippen molar-refractivity contribution in [3.8, 4) is 17.5 Å². The molecule has 0 N–H and O–H groups in total. The fourth-order valence-electron chi connectivity index (χ4n) is 2.19. The molecule has 3 aromatic rings. The van der Waals surface area contributed by atoms with Gasteiger partial charge in [0.15, 0.2) is 0 Å². The van der Waals surface area contributed by atoms with Crippen molar-refractivity contribution in [3.63, 3.8) is 0 Å². The minimum Gasteiger partial charge on any atom is -0.327 e. The Morgan fingerprint density at radius 2 is 2.00 bits per heavy atom. The summed E-state index contributed by atoms with van der Waals surface area (Å²) >= 11 is 3.47. The van der Waals surface area contributed by atoms with Crippen LogP contribution in [-0.4, -0.2) is 9.55 Å². The topological polar surface area (TPSA) is 41.6 Å². The van der Waals surface area contributed by atoms with E-state index in [-0.39, 0.29) is 0 Å². The van der Waals surface area contributed by atoms with Crippen LogP contribution < -0.4 is 0 Å². The molecule has 0 fully saturated rings. The summed E-state index contributed by atoms with van der Waals surface area (Å²) in [5.41, 5.74) is 3.35. The zero-order valence-electron chi connectivity index (χ0n) is 10.3. The monoisotopic (exact) mass is 311 g/mol. The van der Waals surface area contributed by atoms with Crippen molar-refractivity contribution in [2.24, 2.45) is 7.05 Å². The number of hydrogen-bond acceptors (Lipinski definition) is 2. The maximum atomic E-state index is 9.14. The van der Waals surface area contributed by atoms with Crippen LogP contribution in [0.15, 0.2) is 46.9 Å². The minimum atomic E-state index is 0.606. The Labute approximate surface area is 119 Å². The molecule has 0 radical (unpaired) electrons. The highest BCUT2D eigenvalue weighted by Crippen LogP contribution is 2.27. The third-order valence-corrected chi connectivity index (χ3v) is 3.61. The molecule has 4 heteroatoms. The SMILES string of the molecule is Cn1c(-c2cccc(Br)c2)nc2c(C#N)cccc21. The van der Waals surface area contributed by atoms with Gasteiger partial charge in [0.05, 0.1) is 11.1 Å². The first-order chi connectivity index (χ1) is 9.20. The van der Waals surface area contributed by atoms with Gasteiger partial charge in [0, 0.05) is 17.1 Å². The largest absolute Gasteiger partial charge is 0.327 e. The van der Waals surface area contributed by atoms with Crippen molar-refractivity contribution in [2.75, 3.05) is 0 Å². The zero-order chi connectivity index (χ0) is 13.4. The van der Waals surface area contributed by atoms with Gasteiger partial charge in [0.25, 0.3) is 0 Å². The molecule has 1 aromatic heterocycles. The van der Waals surface area contributed by atoms with E-state index in [0.29, 0.717) is 5.56 Å². The molecule has 0 spiro atoms. The number of nitrogens with zero attached hydrogens (tertiary/aromatic N) is 3. The van der Waals surface area contributed by atoms with Crippen molar-refractivity contribution in [2.45, 2.75) is 0 Å². The van der Waals surface area contributed by atoms with E-state index in [9.17, 15) is 0 Å². The molecule has 3 rings (SSSR count). The van der Waals surface area contributed by atoms with Crippen LogP contribution in [0.5, 0.6) is 0 Å². The maximum absolute atomic E-state index is 9.14. The standard InChI is InChI=1S/C15H10BrN3/c1-19-13-7-3-5-11(9-17)14(13)18-15(19)10-4-2-6-12(16)8-10/h2-8H,1H3. The number of benzene rings is 2. The first-order valence-corrected chi connectivity index (χ1v) is 6.61. The summed E-state index contributed by atoms with van der Waals surface area (Å²) in [5.74, 6) is 0.860. The van der Waals surface area contributed by atoms with Gasteiger partial charge in [0.1, 0.15) is 17.4 Å². The summed E-state index contributed by atoms with van der Waals surface area (Å²) in [5, 5.41) is 9.14. The van der Waals surface area contributed by atoms with E-state index in [1.807, 2.05) is 48.0 Å². The molecule has 0 saturated heterocycles. The number of rotatable bonds is 1. The molecule has 0 bridgehead atoms. The Balaban J connectivity index is 2.32. The minimum absolute atomic E-state index is 0.606. The normalized spacial score (nSPS) is 10.6. The number of hydrogen-bond donors (Lipinski definition) is 0. The van der Waals surface area contributed by atoms with Crippen molar-refractivity contribution in [3.05, 3.63) is 52.5 Å². The van der Waals surface area contributed by atoms with Gasteiger partial charge in [-0.25, -0.2) is 4.98 Å². The lowest BCUT2D eigenvalue weighted by molar-refractivity contribution is 0.959. The molecule has 92 valence electrons. The second-order valence-electron chi connectivity index (χ2n) is 4.29. The molecule has 0 aliphatic heterocycles. The zero-order valence-corrected chi connectivity index (χ0v) is 11.8. The molecular weight excluding hydrogens is 302 g/mol. The van der Waals surface area contributed by atoms with E-state index in [2.05, 4.69) is 27.0 Å². The Bertz CT molecular complexity index is 812. The van der Waals surface area contributed by atoms with Crippen molar-refractivity contribution in [1.29, 1.82) is 5.26 Å². The highest BCUT2D eigenvalue weighted by Gasteiger charge is 2.12. The second-order valence-corrected chi connectivity index (χ2v) is 5.21. The number of imidazole rings is 1. The van der Waals surface area contributed by atoms with Gasteiger partial charge < -0.3 is 4.57 Å². The number of aromatic nitrogens is 2. The lowest BCUT2D eigenvalue weighted by Crippen LogP contribution is -1.92. The summed E-state index contributed by atoms with van der Waals surface area (Å²) in [4.78, 5) is 4.61. The molecule has 0 saturated carbocycles. The number of aryl methyl sites for hydroxylation is 1. The molecule has 0 amide bonds. The molecule has 1 heterocycles. The van der Waals surface area contributed by atoms with Gasteiger partial charge in [-0.3, -0.25) is 0 Å². The van der Waals surface area contributed by atoms with Gasteiger partial charge in [-0.1, -0.05) is 34.1 Å². The summed E-state index contributed by atoms with van der Waals surface area (Å²) < 4.78 is 3.02. The van der Waals surface area contributed by atoms with Gasteiger partial charge in [-0.15, -0.1) is 0 Å². The van der Waals surface area contributed by atoms with Crippen LogP contribution in [0.25, 0.3) is 22.4 Å². The van der Waals surface area contributed by atoms with E-state index in [0.717, 1.165) is 26.9 Å². The van der Waals surface area contributed by atoms with Crippen LogP contribution in [0.4, 0.5) is 0 Å². The van der Waals surface area contributed by atoms with Crippen LogP contribution in [0.3, 0.4) is 0 Å². The fourth-order valence-corrected chi connectivity index (χ4v) is 2.59. The number of para-hydroxylation sites is 1. The first kappa shape index (κ1) is 11.9. The Morgan fingerprint density at radius 1 is 1.21 bits per heavy atom. The van der Waals surface area contributed by atoms with E-state index in [4.69, 9.17) is 5.26 Å². The van der Waals surface area contributed by atoms with Crippen LogP contribution in [0.1, 0.15) is 5.56 Å². The summed E-state index contributed by atoms with van der Waals surface area (Å²) in [6, 6.07) is 15.8. The molecular formula is C15H10BrN3. The van der Waals surface area contributed by atoms with Crippen molar-refractivity contribution < 1.29 is 0 Å². The average Bonchev–Trinajstić information content (AvgIpc) is 2.76. The fraction of sp³-hybridized carbons (Fsp3) is 0.0667. The molecule has 2 aromatic carbocycles. The van der Waals surface area contributed by atoms with Crippen LogP contribution in [0.2, 0.25) is 0 Å². The van der Waals surface area contributed by atoms with Crippen LogP contribution in [0, 0.1) is 11.3 Å². The lowest BCUT2D eigenvalue weighted by Gasteiger charge is -2.02. The third kappa shape index (κ3) is 1.92. The maximum Gasteiger partial charge on any atom is 0.140 e. The molecule has 3 nitrogen and oxygen atoms in total. The predicted octanol–water partition coefficient (Wildman–Crippen LogP) is 3.87. The van der Waals surface area contributed by atoms with E-state index >= 15 is 0 Å². The molecule has 0 atom stereocenters. The predicted molar refractivity (Wildman–Crippen MR) is 78.6 cm³/mol. The number of nitriles is 1. The quantitative estimate of drug-likeness (QED) is 0.684. The summed E-state index contributed by atoms with van der Waals surface area (Å²) in [6.45, 7) is 0. The highest BCUT2D eigenvalue weighted by atomic mass is 79.9. The average molecular weight is 312 g/mol. The molecule has 0 aliphatic carbocycles. The number of fused-ring (bicyclic) bond motifs is 1. The number of halogens is 1.